The maximum Gasteiger partial charge on any atom is 0.119 e. The van der Waals surface area contributed by atoms with Gasteiger partial charge in [-0.3, -0.25) is 0 Å². The molecule has 0 atom stereocenters. The maximum absolute atomic E-state index is 5.20. The molecule has 0 amide bonds. The zero-order valence-electron chi connectivity index (χ0n) is 13.3. The van der Waals surface area contributed by atoms with E-state index in [-0.39, 0.29) is 0 Å². The van der Waals surface area contributed by atoms with Crippen LogP contribution in [-0.2, 0) is 6.54 Å². The minimum absolute atomic E-state index is 0.879. The summed E-state index contributed by atoms with van der Waals surface area (Å²) in [6.07, 6.45) is 0. The molecule has 0 saturated carbocycles. The normalized spacial score (nSPS) is 10.5. The number of methoxy groups -OCH3 is 1. The van der Waals surface area contributed by atoms with Gasteiger partial charge in [0, 0.05) is 25.0 Å². The second-order valence-electron chi connectivity index (χ2n) is 5.15. The van der Waals surface area contributed by atoms with Crippen LogP contribution in [-0.4, -0.2) is 20.7 Å². The van der Waals surface area contributed by atoms with Gasteiger partial charge in [-0.2, -0.15) is 0 Å². The maximum atomic E-state index is 5.20. The van der Waals surface area contributed by atoms with Gasteiger partial charge in [0.2, 0.25) is 0 Å². The third-order valence-corrected chi connectivity index (χ3v) is 3.74. The molecule has 0 bridgehead atoms. The van der Waals surface area contributed by atoms with Crippen molar-refractivity contribution in [1.29, 1.82) is 0 Å². The number of benzene rings is 2. The summed E-state index contributed by atoms with van der Waals surface area (Å²) < 4.78 is 5.20. The molecule has 0 aliphatic carbocycles. The molecule has 0 heterocycles. The molecule has 0 aliphatic rings. The molecule has 0 spiro atoms. The Morgan fingerprint density at radius 2 is 1.71 bits per heavy atom. The lowest BCUT2D eigenvalue weighted by Gasteiger charge is -2.21. The molecule has 2 rings (SSSR count). The lowest BCUT2D eigenvalue weighted by Crippen LogP contribution is -2.14. The smallest absolute Gasteiger partial charge is 0.119 e. The van der Waals surface area contributed by atoms with Crippen molar-refractivity contribution in [2.24, 2.45) is 0 Å². The molecular weight excluding hydrogens is 260 g/mol. The van der Waals surface area contributed by atoms with E-state index < -0.39 is 0 Å². The van der Waals surface area contributed by atoms with Crippen LogP contribution >= 0.6 is 0 Å². The molecule has 2 aromatic rings. The minimum atomic E-state index is 0.879. The SMILES string of the molecule is CCNCc1ccc(N(C)c2ccc(OC)cc2)cc1C. The van der Waals surface area contributed by atoms with E-state index in [4.69, 9.17) is 4.74 Å². The van der Waals surface area contributed by atoms with E-state index in [2.05, 4.69) is 61.4 Å². The first-order valence-corrected chi connectivity index (χ1v) is 7.33. The molecule has 1 N–H and O–H groups in total. The van der Waals surface area contributed by atoms with Gasteiger partial charge in [0.15, 0.2) is 0 Å². The molecule has 0 fully saturated rings. The van der Waals surface area contributed by atoms with Gasteiger partial charge in [-0.05, 0) is 61.0 Å². The largest absolute Gasteiger partial charge is 0.497 e. The number of ether oxygens (including phenoxy) is 1. The zero-order valence-corrected chi connectivity index (χ0v) is 13.3. The lowest BCUT2D eigenvalue weighted by molar-refractivity contribution is 0.415. The zero-order chi connectivity index (χ0) is 15.2. The van der Waals surface area contributed by atoms with Crippen LogP contribution in [0.15, 0.2) is 42.5 Å². The van der Waals surface area contributed by atoms with E-state index in [0.717, 1.165) is 24.5 Å². The fourth-order valence-electron chi connectivity index (χ4n) is 2.30. The highest BCUT2D eigenvalue weighted by Crippen LogP contribution is 2.27. The van der Waals surface area contributed by atoms with Crippen molar-refractivity contribution in [3.05, 3.63) is 53.6 Å². The number of anilines is 2. The highest BCUT2D eigenvalue weighted by atomic mass is 16.5. The Hall–Kier alpha value is -2.00. The predicted octanol–water partition coefficient (Wildman–Crippen LogP) is 3.88. The Bertz CT molecular complexity index is 578. The number of hydrogen-bond acceptors (Lipinski definition) is 3. The van der Waals surface area contributed by atoms with E-state index in [9.17, 15) is 0 Å². The van der Waals surface area contributed by atoms with Gasteiger partial charge >= 0.3 is 0 Å². The fraction of sp³-hybridized carbons (Fsp3) is 0.333. The van der Waals surface area contributed by atoms with Crippen molar-refractivity contribution in [1.82, 2.24) is 5.32 Å². The Kier molecular flexibility index (Phi) is 5.23. The van der Waals surface area contributed by atoms with Gasteiger partial charge in [0.25, 0.3) is 0 Å². The summed E-state index contributed by atoms with van der Waals surface area (Å²) in [4.78, 5) is 2.18. The highest BCUT2D eigenvalue weighted by Gasteiger charge is 2.06. The number of hydrogen-bond donors (Lipinski definition) is 1. The number of nitrogens with one attached hydrogen (secondary N) is 1. The van der Waals surface area contributed by atoms with Crippen LogP contribution < -0.4 is 15.0 Å². The first kappa shape index (κ1) is 15.4. The molecule has 3 nitrogen and oxygen atoms in total. The van der Waals surface area contributed by atoms with Crippen molar-refractivity contribution >= 4 is 11.4 Å². The summed E-state index contributed by atoms with van der Waals surface area (Å²) in [5.74, 6) is 0.879. The van der Waals surface area contributed by atoms with Gasteiger partial charge in [-0.1, -0.05) is 13.0 Å². The third kappa shape index (κ3) is 3.76. The van der Waals surface area contributed by atoms with E-state index in [0.29, 0.717) is 0 Å². The monoisotopic (exact) mass is 284 g/mol. The van der Waals surface area contributed by atoms with Gasteiger partial charge in [0.1, 0.15) is 5.75 Å². The number of rotatable bonds is 6. The average molecular weight is 284 g/mol. The first-order valence-electron chi connectivity index (χ1n) is 7.33. The summed E-state index contributed by atoms with van der Waals surface area (Å²) in [5, 5.41) is 3.37. The molecule has 0 unspecified atom stereocenters. The van der Waals surface area contributed by atoms with Crippen LogP contribution in [0.2, 0.25) is 0 Å². The van der Waals surface area contributed by atoms with Gasteiger partial charge in [-0.25, -0.2) is 0 Å². The van der Waals surface area contributed by atoms with Crippen molar-refractivity contribution in [3.8, 4) is 5.75 Å². The standard InChI is InChI=1S/C18H24N2O/c1-5-19-13-15-6-7-17(12-14(15)2)20(3)16-8-10-18(21-4)11-9-16/h6-12,19H,5,13H2,1-4H3. The van der Waals surface area contributed by atoms with Crippen LogP contribution in [0.1, 0.15) is 18.1 Å². The van der Waals surface area contributed by atoms with E-state index >= 15 is 0 Å². The number of nitrogens with zero attached hydrogens (tertiary/aromatic N) is 1. The van der Waals surface area contributed by atoms with Crippen molar-refractivity contribution < 1.29 is 4.74 Å². The Labute approximate surface area is 127 Å². The number of aryl methyl sites for hydroxylation is 1. The molecule has 3 heteroatoms. The molecule has 112 valence electrons. The summed E-state index contributed by atoms with van der Waals surface area (Å²) >= 11 is 0. The quantitative estimate of drug-likeness (QED) is 0.871. The molecule has 2 aromatic carbocycles. The molecule has 0 saturated heterocycles. The van der Waals surface area contributed by atoms with Gasteiger partial charge in [0.05, 0.1) is 7.11 Å². The summed E-state index contributed by atoms with van der Waals surface area (Å²) in [7, 11) is 3.77. The van der Waals surface area contributed by atoms with E-state index in [1.165, 1.54) is 16.8 Å². The van der Waals surface area contributed by atoms with E-state index in [1.807, 2.05) is 12.1 Å². The highest BCUT2D eigenvalue weighted by molar-refractivity contribution is 5.64. The molecule has 0 aromatic heterocycles. The minimum Gasteiger partial charge on any atom is -0.497 e. The summed E-state index contributed by atoms with van der Waals surface area (Å²) in [5.41, 5.74) is 5.00. The van der Waals surface area contributed by atoms with Crippen LogP contribution in [0, 0.1) is 6.92 Å². The summed E-state index contributed by atoms with van der Waals surface area (Å²) in [6, 6.07) is 14.7. The Morgan fingerprint density at radius 3 is 2.29 bits per heavy atom. The second kappa shape index (κ2) is 7.14. The van der Waals surface area contributed by atoms with E-state index in [1.54, 1.807) is 7.11 Å². The van der Waals surface area contributed by atoms with Crippen molar-refractivity contribution in [2.75, 3.05) is 25.6 Å². The lowest BCUT2D eigenvalue weighted by atomic mass is 10.1. The van der Waals surface area contributed by atoms with Crippen LogP contribution in [0.5, 0.6) is 5.75 Å². The average Bonchev–Trinajstić information content (AvgIpc) is 2.53. The second-order valence-corrected chi connectivity index (χ2v) is 5.15. The van der Waals surface area contributed by atoms with Crippen LogP contribution in [0.25, 0.3) is 0 Å². The molecular formula is C18H24N2O. The first-order chi connectivity index (χ1) is 10.2. The summed E-state index contributed by atoms with van der Waals surface area (Å²) in [6.45, 7) is 6.21. The van der Waals surface area contributed by atoms with Crippen LogP contribution in [0.3, 0.4) is 0 Å². The fourth-order valence-corrected chi connectivity index (χ4v) is 2.30. The molecule has 21 heavy (non-hydrogen) atoms. The third-order valence-electron chi connectivity index (χ3n) is 3.74. The van der Waals surface area contributed by atoms with Gasteiger partial charge in [-0.15, -0.1) is 0 Å². The molecule has 0 radical (unpaired) electrons. The van der Waals surface area contributed by atoms with Crippen molar-refractivity contribution in [2.45, 2.75) is 20.4 Å². The van der Waals surface area contributed by atoms with Crippen molar-refractivity contribution in [3.63, 3.8) is 0 Å². The Morgan fingerprint density at radius 1 is 1.05 bits per heavy atom. The molecule has 0 aliphatic heterocycles. The topological polar surface area (TPSA) is 24.5 Å². The predicted molar refractivity (Wildman–Crippen MR) is 89.6 cm³/mol. The van der Waals surface area contributed by atoms with Crippen LogP contribution in [0.4, 0.5) is 11.4 Å². The van der Waals surface area contributed by atoms with Gasteiger partial charge < -0.3 is 15.0 Å². The Balaban J connectivity index is 2.18.